The predicted octanol–water partition coefficient (Wildman–Crippen LogP) is 4.95. The zero-order valence-electron chi connectivity index (χ0n) is 12.5. The van der Waals surface area contributed by atoms with E-state index in [-0.39, 0.29) is 5.92 Å². The van der Waals surface area contributed by atoms with Crippen LogP contribution < -0.4 is 10.6 Å². The monoisotopic (exact) mass is 416 g/mol. The van der Waals surface area contributed by atoms with E-state index in [0.717, 1.165) is 32.3 Å². The zero-order chi connectivity index (χ0) is 15.6. The van der Waals surface area contributed by atoms with Crippen molar-refractivity contribution in [2.75, 3.05) is 17.7 Å². The fraction of sp³-hybridized carbons (Fsp3) is 0.333. The maximum Gasteiger partial charge on any atom is 0.139 e. The third-order valence-electron chi connectivity index (χ3n) is 3.10. The predicted molar refractivity (Wildman–Crippen MR) is 97.9 cm³/mol. The minimum atomic E-state index is 0.255. The van der Waals surface area contributed by atoms with E-state index < -0.39 is 0 Å². The van der Waals surface area contributed by atoms with Crippen molar-refractivity contribution in [3.05, 3.63) is 38.2 Å². The van der Waals surface area contributed by atoms with E-state index >= 15 is 0 Å². The van der Waals surface area contributed by atoms with Gasteiger partial charge in [-0.05, 0) is 47.7 Å². The number of anilines is 3. The first-order valence-electron chi connectivity index (χ1n) is 6.70. The number of rotatable bonds is 4. The number of nitrogens with zero attached hydrogens (tertiary/aromatic N) is 2. The lowest BCUT2D eigenvalue weighted by Gasteiger charge is -2.16. The Bertz CT molecular complexity index is 658. The quantitative estimate of drug-likeness (QED) is 0.692. The van der Waals surface area contributed by atoms with Crippen molar-refractivity contribution in [2.45, 2.75) is 26.7 Å². The molecular formula is C15H18ClIN4. The lowest BCUT2D eigenvalue weighted by atomic mass is 10.2. The van der Waals surface area contributed by atoms with Gasteiger partial charge in [0.1, 0.15) is 17.5 Å². The van der Waals surface area contributed by atoms with Crippen LogP contribution in [0.2, 0.25) is 5.02 Å². The van der Waals surface area contributed by atoms with E-state index in [1.165, 1.54) is 0 Å². The van der Waals surface area contributed by atoms with Gasteiger partial charge in [0.15, 0.2) is 0 Å². The van der Waals surface area contributed by atoms with Crippen LogP contribution >= 0.6 is 34.2 Å². The molecule has 4 nitrogen and oxygen atoms in total. The van der Waals surface area contributed by atoms with Gasteiger partial charge in [0, 0.05) is 22.1 Å². The van der Waals surface area contributed by atoms with Crippen molar-refractivity contribution in [3.63, 3.8) is 0 Å². The lowest BCUT2D eigenvalue weighted by molar-refractivity contribution is 0.775. The van der Waals surface area contributed by atoms with Crippen molar-refractivity contribution < 1.29 is 0 Å². The maximum absolute atomic E-state index is 6.28. The molecule has 0 atom stereocenters. The van der Waals surface area contributed by atoms with Gasteiger partial charge in [-0.15, -0.1) is 0 Å². The standard InChI is InChI=1S/C15H18ClIN4/c1-8(2)13-20-14(18-4)9(3)15(21-13)19-12-6-5-10(17)7-11(12)16/h5-8H,1-4H3,(H2,18,19,20,21). The Labute approximate surface area is 143 Å². The van der Waals surface area contributed by atoms with Gasteiger partial charge in [-0.1, -0.05) is 25.4 Å². The fourth-order valence-corrected chi connectivity index (χ4v) is 2.78. The summed E-state index contributed by atoms with van der Waals surface area (Å²) in [6.07, 6.45) is 0. The van der Waals surface area contributed by atoms with Gasteiger partial charge < -0.3 is 10.6 Å². The maximum atomic E-state index is 6.28. The first-order chi connectivity index (χ1) is 9.92. The second-order valence-corrected chi connectivity index (χ2v) is 6.71. The summed E-state index contributed by atoms with van der Waals surface area (Å²) in [6.45, 7) is 6.14. The van der Waals surface area contributed by atoms with Crippen LogP contribution in [0.5, 0.6) is 0 Å². The molecule has 0 aliphatic rings. The second-order valence-electron chi connectivity index (χ2n) is 5.06. The summed E-state index contributed by atoms with van der Waals surface area (Å²) in [7, 11) is 1.86. The molecule has 0 saturated carbocycles. The number of benzene rings is 1. The number of hydrogen-bond acceptors (Lipinski definition) is 4. The summed E-state index contributed by atoms with van der Waals surface area (Å²) < 4.78 is 1.10. The van der Waals surface area contributed by atoms with Crippen LogP contribution in [0.15, 0.2) is 18.2 Å². The first kappa shape index (κ1) is 16.3. The van der Waals surface area contributed by atoms with Gasteiger partial charge in [0.2, 0.25) is 0 Å². The Morgan fingerprint density at radius 3 is 2.43 bits per heavy atom. The van der Waals surface area contributed by atoms with E-state index in [4.69, 9.17) is 11.6 Å². The fourth-order valence-electron chi connectivity index (χ4n) is 1.88. The third-order valence-corrected chi connectivity index (χ3v) is 4.08. The summed E-state index contributed by atoms with van der Waals surface area (Å²) in [6, 6.07) is 5.89. The lowest BCUT2D eigenvalue weighted by Crippen LogP contribution is -2.08. The highest BCUT2D eigenvalue weighted by atomic mass is 127. The molecule has 0 aliphatic heterocycles. The Morgan fingerprint density at radius 2 is 1.86 bits per heavy atom. The smallest absolute Gasteiger partial charge is 0.139 e. The topological polar surface area (TPSA) is 49.8 Å². The Kier molecular flexibility index (Phi) is 5.27. The number of aromatic nitrogens is 2. The number of halogens is 2. The van der Waals surface area contributed by atoms with Crippen LogP contribution in [0.3, 0.4) is 0 Å². The van der Waals surface area contributed by atoms with Crippen molar-refractivity contribution in [1.29, 1.82) is 0 Å². The molecule has 0 bridgehead atoms. The Balaban J connectivity index is 2.45. The van der Waals surface area contributed by atoms with E-state index in [9.17, 15) is 0 Å². The molecule has 0 spiro atoms. The minimum Gasteiger partial charge on any atom is -0.373 e. The van der Waals surface area contributed by atoms with Gasteiger partial charge >= 0.3 is 0 Å². The van der Waals surface area contributed by atoms with Gasteiger partial charge in [0.05, 0.1) is 10.7 Å². The largest absolute Gasteiger partial charge is 0.373 e. The van der Waals surface area contributed by atoms with Crippen molar-refractivity contribution >= 4 is 51.5 Å². The summed E-state index contributed by atoms with van der Waals surface area (Å²) >= 11 is 8.52. The number of nitrogens with one attached hydrogen (secondary N) is 2. The van der Waals surface area contributed by atoms with Crippen LogP contribution in [-0.2, 0) is 0 Å². The normalized spacial score (nSPS) is 10.8. The van der Waals surface area contributed by atoms with Crippen LogP contribution in [0.25, 0.3) is 0 Å². The molecule has 0 fully saturated rings. The summed E-state index contributed by atoms with van der Waals surface area (Å²) in [5.74, 6) is 2.67. The average Bonchev–Trinajstić information content (AvgIpc) is 2.43. The van der Waals surface area contributed by atoms with E-state index in [1.54, 1.807) is 0 Å². The summed E-state index contributed by atoms with van der Waals surface area (Å²) in [5, 5.41) is 7.10. The Hall–Kier alpha value is -1.08. The molecule has 0 radical (unpaired) electrons. The molecule has 0 amide bonds. The van der Waals surface area contributed by atoms with Crippen molar-refractivity contribution in [2.24, 2.45) is 0 Å². The zero-order valence-corrected chi connectivity index (χ0v) is 15.4. The van der Waals surface area contributed by atoms with Gasteiger partial charge in [-0.2, -0.15) is 0 Å². The van der Waals surface area contributed by atoms with Crippen LogP contribution in [-0.4, -0.2) is 17.0 Å². The molecule has 21 heavy (non-hydrogen) atoms. The molecule has 2 N–H and O–H groups in total. The van der Waals surface area contributed by atoms with Crippen molar-refractivity contribution in [1.82, 2.24) is 9.97 Å². The molecule has 0 saturated heterocycles. The molecule has 2 aromatic rings. The van der Waals surface area contributed by atoms with Crippen molar-refractivity contribution in [3.8, 4) is 0 Å². The Morgan fingerprint density at radius 1 is 1.19 bits per heavy atom. The highest BCUT2D eigenvalue weighted by Gasteiger charge is 2.13. The molecule has 1 heterocycles. The highest BCUT2D eigenvalue weighted by Crippen LogP contribution is 2.30. The molecule has 1 aromatic carbocycles. The second kappa shape index (κ2) is 6.79. The first-order valence-corrected chi connectivity index (χ1v) is 8.16. The van der Waals surface area contributed by atoms with Gasteiger partial charge in [-0.3, -0.25) is 0 Å². The van der Waals surface area contributed by atoms with E-state index in [0.29, 0.717) is 5.02 Å². The summed E-state index contributed by atoms with van der Waals surface area (Å²) in [5.41, 5.74) is 1.81. The molecule has 2 rings (SSSR count). The van der Waals surface area contributed by atoms with Crippen LogP contribution in [0.1, 0.15) is 31.2 Å². The molecule has 0 aliphatic carbocycles. The van der Waals surface area contributed by atoms with E-state index in [2.05, 4.69) is 57.0 Å². The molecule has 1 aromatic heterocycles. The molecule has 0 unspecified atom stereocenters. The third kappa shape index (κ3) is 3.77. The number of hydrogen-bond donors (Lipinski definition) is 2. The van der Waals surface area contributed by atoms with E-state index in [1.807, 2.05) is 32.2 Å². The highest BCUT2D eigenvalue weighted by molar-refractivity contribution is 14.1. The molecule has 6 heteroatoms. The summed E-state index contributed by atoms with van der Waals surface area (Å²) in [4.78, 5) is 9.15. The van der Waals surface area contributed by atoms with Crippen LogP contribution in [0, 0.1) is 10.5 Å². The SMILES string of the molecule is CNc1nc(C(C)C)nc(Nc2ccc(I)cc2Cl)c1C. The van der Waals surface area contributed by atoms with Gasteiger partial charge in [-0.25, -0.2) is 9.97 Å². The molecular weight excluding hydrogens is 399 g/mol. The minimum absolute atomic E-state index is 0.255. The molecule has 112 valence electrons. The van der Waals surface area contributed by atoms with Crippen LogP contribution in [0.4, 0.5) is 17.3 Å². The van der Waals surface area contributed by atoms with Gasteiger partial charge in [0.25, 0.3) is 0 Å². The average molecular weight is 417 g/mol.